The van der Waals surface area contributed by atoms with Crippen molar-refractivity contribution in [3.8, 4) is 0 Å². The van der Waals surface area contributed by atoms with E-state index in [1.165, 1.54) is 0 Å². The summed E-state index contributed by atoms with van der Waals surface area (Å²) in [5.41, 5.74) is 0.719. The van der Waals surface area contributed by atoms with Crippen molar-refractivity contribution in [3.63, 3.8) is 0 Å². The molecule has 0 amide bonds. The highest BCUT2D eigenvalue weighted by Crippen LogP contribution is 2.04. The molecular weight excluding hydrogens is 216 g/mol. The fourth-order valence-corrected chi connectivity index (χ4v) is 1.30. The van der Waals surface area contributed by atoms with Crippen molar-refractivity contribution in [1.29, 1.82) is 0 Å². The van der Waals surface area contributed by atoms with Gasteiger partial charge in [0.15, 0.2) is 0 Å². The quantitative estimate of drug-likeness (QED) is 0.609. The molecule has 6 heteroatoms. The number of hydrogen-bond donors (Lipinski definition) is 1. The topological polar surface area (TPSA) is 71.7 Å². The van der Waals surface area contributed by atoms with Crippen LogP contribution in [0.5, 0.6) is 0 Å². The molecule has 0 aromatic carbocycles. The minimum atomic E-state index is -3.25. The maximum absolute atomic E-state index is 10.7. The Bertz CT molecular complexity index is 420. The highest BCUT2D eigenvalue weighted by atomic mass is 32.2. The molecule has 0 atom stereocenters. The van der Waals surface area contributed by atoms with E-state index in [1.54, 1.807) is 13.2 Å². The summed E-state index contributed by atoms with van der Waals surface area (Å²) in [6.07, 6.45) is 4.05. The van der Waals surface area contributed by atoms with Gasteiger partial charge in [0.1, 0.15) is 5.76 Å². The predicted octanol–water partition coefficient (Wildman–Crippen LogP) is 1.14. The Hall–Kier alpha value is -1.30. The van der Waals surface area contributed by atoms with Gasteiger partial charge in [-0.1, -0.05) is 0 Å². The van der Waals surface area contributed by atoms with Crippen molar-refractivity contribution in [2.24, 2.45) is 5.10 Å². The maximum atomic E-state index is 10.7. The zero-order chi connectivity index (χ0) is 11.3. The van der Waals surface area contributed by atoms with Gasteiger partial charge in [-0.25, -0.2) is 13.2 Å². The van der Waals surface area contributed by atoms with Crippen LogP contribution < -0.4 is 4.83 Å². The lowest BCUT2D eigenvalue weighted by atomic mass is 10.2. The molecule has 0 saturated carbocycles. The fourth-order valence-electron chi connectivity index (χ4n) is 0.976. The molecular formula is C9H14N2O3S. The van der Waals surface area contributed by atoms with E-state index < -0.39 is 10.0 Å². The van der Waals surface area contributed by atoms with Gasteiger partial charge in [-0.3, -0.25) is 0 Å². The third-order valence-electron chi connectivity index (χ3n) is 1.72. The van der Waals surface area contributed by atoms with Crippen molar-refractivity contribution in [1.82, 2.24) is 4.83 Å². The number of hydrazone groups is 1. The van der Waals surface area contributed by atoms with Crippen LogP contribution >= 0.6 is 0 Å². The maximum Gasteiger partial charge on any atom is 0.244 e. The molecule has 0 fully saturated rings. The third kappa shape index (κ3) is 5.21. The number of nitrogens with one attached hydrogen (secondary N) is 1. The van der Waals surface area contributed by atoms with Crippen LogP contribution in [0, 0.1) is 0 Å². The lowest BCUT2D eigenvalue weighted by molar-refractivity contribution is 0.511. The fraction of sp³-hybridized carbons (Fsp3) is 0.444. The first-order valence-electron chi connectivity index (χ1n) is 4.50. The SMILES string of the molecule is C/C(CCc1ccco1)=N/NS(C)(=O)=O. The molecule has 0 bridgehead atoms. The van der Waals surface area contributed by atoms with E-state index >= 15 is 0 Å². The first kappa shape index (κ1) is 11.8. The zero-order valence-corrected chi connectivity index (χ0v) is 9.54. The Kier molecular flexibility index (Phi) is 3.90. The Morgan fingerprint density at radius 3 is 2.87 bits per heavy atom. The van der Waals surface area contributed by atoms with Crippen LogP contribution in [0.4, 0.5) is 0 Å². The molecule has 0 saturated heterocycles. The van der Waals surface area contributed by atoms with Gasteiger partial charge in [-0.2, -0.15) is 5.10 Å². The molecule has 1 heterocycles. The number of rotatable bonds is 5. The molecule has 0 unspecified atom stereocenters. The van der Waals surface area contributed by atoms with Gasteiger partial charge in [0.2, 0.25) is 10.0 Å². The van der Waals surface area contributed by atoms with Gasteiger partial charge >= 0.3 is 0 Å². The van der Waals surface area contributed by atoms with E-state index in [-0.39, 0.29) is 0 Å². The Morgan fingerprint density at radius 2 is 2.33 bits per heavy atom. The van der Waals surface area contributed by atoms with Crippen molar-refractivity contribution in [2.75, 3.05) is 6.26 Å². The molecule has 1 N–H and O–H groups in total. The van der Waals surface area contributed by atoms with Crippen LogP contribution in [-0.2, 0) is 16.4 Å². The van der Waals surface area contributed by atoms with E-state index in [4.69, 9.17) is 4.42 Å². The second-order valence-electron chi connectivity index (χ2n) is 3.29. The summed E-state index contributed by atoms with van der Waals surface area (Å²) < 4.78 is 26.6. The number of nitrogens with zero attached hydrogens (tertiary/aromatic N) is 1. The van der Waals surface area contributed by atoms with E-state index in [0.29, 0.717) is 12.8 Å². The van der Waals surface area contributed by atoms with Gasteiger partial charge in [0, 0.05) is 12.1 Å². The van der Waals surface area contributed by atoms with Crippen LogP contribution in [0.2, 0.25) is 0 Å². The molecule has 0 aliphatic heterocycles. The van der Waals surface area contributed by atoms with Crippen molar-refractivity contribution < 1.29 is 12.8 Å². The predicted molar refractivity (Wildman–Crippen MR) is 58.1 cm³/mol. The Labute approximate surface area is 89.2 Å². The molecule has 5 nitrogen and oxygen atoms in total. The second kappa shape index (κ2) is 4.97. The highest BCUT2D eigenvalue weighted by molar-refractivity contribution is 7.88. The highest BCUT2D eigenvalue weighted by Gasteiger charge is 2.00. The van der Waals surface area contributed by atoms with Crippen LogP contribution in [0.1, 0.15) is 19.1 Å². The van der Waals surface area contributed by atoms with Crippen LogP contribution in [0.25, 0.3) is 0 Å². The average molecular weight is 230 g/mol. The second-order valence-corrected chi connectivity index (χ2v) is 5.02. The van der Waals surface area contributed by atoms with Crippen molar-refractivity contribution in [3.05, 3.63) is 24.2 Å². The van der Waals surface area contributed by atoms with E-state index in [9.17, 15) is 8.42 Å². The molecule has 1 aromatic rings. The summed E-state index contributed by atoms with van der Waals surface area (Å²) >= 11 is 0. The van der Waals surface area contributed by atoms with E-state index in [0.717, 1.165) is 17.7 Å². The Balaban J connectivity index is 2.39. The van der Waals surface area contributed by atoms with Crippen molar-refractivity contribution >= 4 is 15.7 Å². The normalized spacial score (nSPS) is 12.8. The molecule has 1 aromatic heterocycles. The number of furan rings is 1. The van der Waals surface area contributed by atoms with Crippen molar-refractivity contribution in [2.45, 2.75) is 19.8 Å². The van der Waals surface area contributed by atoms with E-state index in [1.807, 2.05) is 12.1 Å². The molecule has 0 aliphatic rings. The van der Waals surface area contributed by atoms with E-state index in [2.05, 4.69) is 9.93 Å². The van der Waals surface area contributed by atoms with Crippen LogP contribution in [0.15, 0.2) is 27.9 Å². The Morgan fingerprint density at radius 1 is 1.60 bits per heavy atom. The van der Waals surface area contributed by atoms with Gasteiger partial charge in [0.05, 0.1) is 12.5 Å². The summed E-state index contributed by atoms with van der Waals surface area (Å²) in [5.74, 6) is 0.865. The summed E-state index contributed by atoms with van der Waals surface area (Å²) in [6, 6.07) is 3.69. The van der Waals surface area contributed by atoms with Crippen LogP contribution in [0.3, 0.4) is 0 Å². The minimum absolute atomic E-state index is 0.663. The van der Waals surface area contributed by atoms with Gasteiger partial charge in [0.25, 0.3) is 0 Å². The number of hydrogen-bond acceptors (Lipinski definition) is 4. The largest absolute Gasteiger partial charge is 0.469 e. The molecule has 84 valence electrons. The molecule has 0 radical (unpaired) electrons. The average Bonchev–Trinajstić information content (AvgIpc) is 2.62. The van der Waals surface area contributed by atoms with Crippen LogP contribution in [-0.4, -0.2) is 20.4 Å². The van der Waals surface area contributed by atoms with Gasteiger partial charge in [-0.15, -0.1) is 0 Å². The smallest absolute Gasteiger partial charge is 0.244 e. The standard InChI is InChI=1S/C9H14N2O3S/c1-8(10-11-15(2,12)13)5-6-9-4-3-7-14-9/h3-4,7,11H,5-6H2,1-2H3/b10-8-. The minimum Gasteiger partial charge on any atom is -0.469 e. The summed E-state index contributed by atoms with van der Waals surface area (Å²) in [7, 11) is -3.25. The summed E-state index contributed by atoms with van der Waals surface area (Å²) in [4.78, 5) is 2.08. The molecule has 1 rings (SSSR count). The molecule has 15 heavy (non-hydrogen) atoms. The monoisotopic (exact) mass is 230 g/mol. The molecule has 0 aliphatic carbocycles. The third-order valence-corrected chi connectivity index (χ3v) is 2.14. The molecule has 0 spiro atoms. The number of aryl methyl sites for hydroxylation is 1. The van der Waals surface area contributed by atoms with Gasteiger partial charge in [-0.05, 0) is 25.5 Å². The first-order valence-corrected chi connectivity index (χ1v) is 6.39. The lowest BCUT2D eigenvalue weighted by Crippen LogP contribution is -2.17. The first-order chi connectivity index (χ1) is 6.97. The summed E-state index contributed by atoms with van der Waals surface area (Å²) in [6.45, 7) is 1.76. The van der Waals surface area contributed by atoms with Gasteiger partial charge < -0.3 is 4.42 Å². The summed E-state index contributed by atoms with van der Waals surface area (Å²) in [5, 5.41) is 3.73. The number of sulfonamides is 1. The lowest BCUT2D eigenvalue weighted by Gasteiger charge is -1.99. The zero-order valence-electron chi connectivity index (χ0n) is 8.73.